The molecule has 196 valence electrons. The van der Waals surface area contributed by atoms with Crippen LogP contribution in [0.5, 0.6) is 0 Å². The molecule has 2 unspecified atom stereocenters. The Kier molecular flexibility index (Phi) is 8.07. The quantitative estimate of drug-likeness (QED) is 0.481. The van der Waals surface area contributed by atoms with E-state index in [1.807, 2.05) is 18.6 Å². The van der Waals surface area contributed by atoms with Crippen molar-refractivity contribution >= 4 is 33.7 Å². The number of benzene rings is 1. The number of anilines is 2. The lowest BCUT2D eigenvalue weighted by atomic mass is 10.0. The lowest BCUT2D eigenvalue weighted by Crippen LogP contribution is -2.42. The summed E-state index contributed by atoms with van der Waals surface area (Å²) in [6, 6.07) is 5.70. The van der Waals surface area contributed by atoms with Gasteiger partial charge in [-0.05, 0) is 78.1 Å². The van der Waals surface area contributed by atoms with Gasteiger partial charge in [0.2, 0.25) is 0 Å². The molecule has 1 aliphatic rings. The van der Waals surface area contributed by atoms with Gasteiger partial charge in [-0.3, -0.25) is 4.98 Å². The molecule has 2 aromatic rings. The predicted octanol–water partition coefficient (Wildman–Crippen LogP) is 4.46. The average molecular weight is 520 g/mol. The molecule has 36 heavy (non-hydrogen) atoms. The Hall–Kier alpha value is -3.41. The summed E-state index contributed by atoms with van der Waals surface area (Å²) in [5.74, 6) is 0.615. The van der Waals surface area contributed by atoms with Crippen LogP contribution in [-0.4, -0.2) is 58.3 Å². The summed E-state index contributed by atoms with van der Waals surface area (Å²) in [5.41, 5.74) is 0.575. The van der Waals surface area contributed by atoms with Crippen molar-refractivity contribution < 1.29 is 27.9 Å². The number of rotatable bonds is 7. The summed E-state index contributed by atoms with van der Waals surface area (Å²) in [7, 11) is -4.08. The lowest BCUT2D eigenvalue weighted by molar-refractivity contribution is 0.0570. The van der Waals surface area contributed by atoms with Crippen molar-refractivity contribution in [2.24, 2.45) is 0 Å². The van der Waals surface area contributed by atoms with Crippen molar-refractivity contribution in [3.05, 3.63) is 42.4 Å². The van der Waals surface area contributed by atoms with Crippen LogP contribution in [0.15, 0.2) is 41.6 Å². The lowest BCUT2D eigenvalue weighted by Gasteiger charge is -2.30. The molecule has 0 spiro atoms. The van der Waals surface area contributed by atoms with Gasteiger partial charge in [0.25, 0.3) is 10.0 Å². The largest absolute Gasteiger partial charge is 0.465 e. The number of hydrogen-bond acceptors (Lipinski definition) is 8. The first-order chi connectivity index (χ1) is 16.7. The van der Waals surface area contributed by atoms with Crippen molar-refractivity contribution in [3.8, 4) is 0 Å². The van der Waals surface area contributed by atoms with Crippen LogP contribution in [0, 0.1) is 0 Å². The first-order valence-electron chi connectivity index (χ1n) is 11.7. The van der Waals surface area contributed by atoms with Crippen LogP contribution in [0.2, 0.25) is 0 Å². The molecule has 0 radical (unpaired) electrons. The molecule has 11 nitrogen and oxygen atoms in total. The van der Waals surface area contributed by atoms with Crippen molar-refractivity contribution in [3.63, 3.8) is 0 Å². The van der Waals surface area contributed by atoms with Crippen LogP contribution in [0.25, 0.3) is 0 Å². The molecule has 3 rings (SSSR count). The number of nitrogens with zero attached hydrogens (tertiary/aromatic N) is 3. The van der Waals surface area contributed by atoms with E-state index in [2.05, 4.69) is 15.3 Å². The maximum absolute atomic E-state index is 12.4. The van der Waals surface area contributed by atoms with E-state index in [1.54, 1.807) is 45.3 Å². The minimum Gasteiger partial charge on any atom is -0.465 e. The number of hydrogen-bond donors (Lipinski definition) is 3. The Morgan fingerprint density at radius 2 is 1.78 bits per heavy atom. The van der Waals surface area contributed by atoms with E-state index in [0.717, 1.165) is 18.5 Å². The Morgan fingerprint density at radius 1 is 1.11 bits per heavy atom. The normalized spacial score (nSPS) is 18.1. The summed E-state index contributed by atoms with van der Waals surface area (Å²) in [5, 5.41) is 12.6. The van der Waals surface area contributed by atoms with Gasteiger partial charge in [0.05, 0.1) is 23.0 Å². The zero-order valence-electron chi connectivity index (χ0n) is 21.1. The van der Waals surface area contributed by atoms with E-state index in [9.17, 15) is 23.1 Å². The van der Waals surface area contributed by atoms with Crippen molar-refractivity contribution in [1.82, 2.24) is 19.6 Å². The zero-order chi connectivity index (χ0) is 26.7. The molecular weight excluding hydrogens is 486 g/mol. The third kappa shape index (κ3) is 7.06. The van der Waals surface area contributed by atoms with Gasteiger partial charge in [0.15, 0.2) is 0 Å². The summed E-state index contributed by atoms with van der Waals surface area (Å²) < 4.78 is 31.7. The van der Waals surface area contributed by atoms with Gasteiger partial charge in [-0.25, -0.2) is 27.7 Å². The Balaban J connectivity index is 1.60. The minimum absolute atomic E-state index is 0.0355. The molecule has 2 atom stereocenters. The number of amides is 2. The summed E-state index contributed by atoms with van der Waals surface area (Å²) in [4.78, 5) is 33.8. The van der Waals surface area contributed by atoms with E-state index < -0.39 is 27.8 Å². The molecule has 1 saturated carbocycles. The highest BCUT2D eigenvalue weighted by molar-refractivity contribution is 7.90. The molecule has 0 aliphatic heterocycles. The topological polar surface area (TPSA) is 151 Å². The average Bonchev–Trinajstić information content (AvgIpc) is 3.21. The Morgan fingerprint density at radius 3 is 2.31 bits per heavy atom. The first-order valence-corrected chi connectivity index (χ1v) is 13.2. The maximum atomic E-state index is 12.4. The van der Waals surface area contributed by atoms with Gasteiger partial charge in [-0.2, -0.15) is 0 Å². The molecule has 3 N–H and O–H groups in total. The van der Waals surface area contributed by atoms with Gasteiger partial charge in [-0.15, -0.1) is 0 Å². The second-order valence-corrected chi connectivity index (χ2v) is 11.7. The summed E-state index contributed by atoms with van der Waals surface area (Å²) in [6.45, 7) is 8.67. The molecule has 1 aliphatic carbocycles. The third-order valence-electron chi connectivity index (χ3n) is 5.72. The highest BCUT2D eigenvalue weighted by Gasteiger charge is 2.34. The monoisotopic (exact) mass is 519 g/mol. The molecule has 1 fully saturated rings. The Labute approximate surface area is 211 Å². The fourth-order valence-electron chi connectivity index (χ4n) is 4.22. The van der Waals surface area contributed by atoms with E-state index >= 15 is 0 Å². The fourth-order valence-corrected chi connectivity index (χ4v) is 5.10. The SMILES string of the molecule is CC(C)N(C(=O)O)C1CCC(c2cnc(Nc3ccc(S(=O)(=O)NC(=O)OC(C)(C)C)cc3)cn2)C1. The summed E-state index contributed by atoms with van der Waals surface area (Å²) >= 11 is 0. The second kappa shape index (κ2) is 10.7. The number of carboxylic acid groups (broad SMARTS) is 1. The minimum atomic E-state index is -4.08. The van der Waals surface area contributed by atoms with Crippen molar-refractivity contribution in [2.75, 3.05) is 5.32 Å². The van der Waals surface area contributed by atoms with Gasteiger partial charge in [-0.1, -0.05) is 0 Å². The van der Waals surface area contributed by atoms with E-state index in [0.29, 0.717) is 17.9 Å². The fraction of sp³-hybridized carbons (Fsp3) is 0.500. The van der Waals surface area contributed by atoms with Crippen molar-refractivity contribution in [1.29, 1.82) is 0 Å². The van der Waals surface area contributed by atoms with Crippen LogP contribution in [0.3, 0.4) is 0 Å². The smallest absolute Gasteiger partial charge is 0.421 e. The molecule has 12 heteroatoms. The first kappa shape index (κ1) is 27.2. The zero-order valence-corrected chi connectivity index (χ0v) is 21.9. The molecule has 0 bridgehead atoms. The molecule has 2 amide bonds. The van der Waals surface area contributed by atoms with Crippen LogP contribution in [0.4, 0.5) is 21.1 Å². The third-order valence-corrected chi connectivity index (χ3v) is 7.05. The highest BCUT2D eigenvalue weighted by atomic mass is 32.2. The van der Waals surface area contributed by atoms with Crippen LogP contribution in [0.1, 0.15) is 65.5 Å². The van der Waals surface area contributed by atoms with Crippen LogP contribution >= 0.6 is 0 Å². The maximum Gasteiger partial charge on any atom is 0.421 e. The highest BCUT2D eigenvalue weighted by Crippen LogP contribution is 2.36. The standard InChI is InChI=1S/C24H33N5O6S/c1-15(2)29(23(31)32)18-9-6-16(12-18)20-13-26-21(14-25-20)27-17-7-10-19(11-8-17)36(33,34)28-22(30)35-24(3,4)5/h7-8,10-11,13-16,18H,6,9,12H2,1-5H3,(H,26,27)(H,28,30)(H,31,32). The molecule has 1 heterocycles. The van der Waals surface area contributed by atoms with Gasteiger partial charge in [0, 0.05) is 23.7 Å². The van der Waals surface area contributed by atoms with Crippen molar-refractivity contribution in [2.45, 2.75) is 82.4 Å². The number of carbonyl (C=O) groups excluding carboxylic acids is 1. The molecular formula is C24H33N5O6S. The number of aromatic nitrogens is 2. The van der Waals surface area contributed by atoms with E-state index in [-0.39, 0.29) is 22.9 Å². The second-order valence-electron chi connectivity index (χ2n) is 10.0. The Bertz CT molecular complexity index is 1180. The number of nitrogens with one attached hydrogen (secondary N) is 2. The van der Waals surface area contributed by atoms with Gasteiger partial charge >= 0.3 is 12.2 Å². The van der Waals surface area contributed by atoms with Gasteiger partial charge < -0.3 is 20.1 Å². The van der Waals surface area contributed by atoms with E-state index in [4.69, 9.17) is 4.74 Å². The van der Waals surface area contributed by atoms with Crippen LogP contribution < -0.4 is 10.0 Å². The van der Waals surface area contributed by atoms with E-state index in [1.165, 1.54) is 17.0 Å². The molecule has 0 saturated heterocycles. The van der Waals surface area contributed by atoms with Crippen LogP contribution in [-0.2, 0) is 14.8 Å². The molecule has 1 aromatic heterocycles. The number of ether oxygens (including phenoxy) is 1. The predicted molar refractivity (Wildman–Crippen MR) is 134 cm³/mol. The summed E-state index contributed by atoms with van der Waals surface area (Å²) in [6.07, 6.45) is 3.66. The molecule has 1 aromatic carbocycles. The number of carbonyl (C=O) groups is 2. The van der Waals surface area contributed by atoms with Gasteiger partial charge in [0.1, 0.15) is 11.4 Å². The number of sulfonamides is 1.